The molecule has 0 spiro atoms. The fourth-order valence-corrected chi connectivity index (χ4v) is 2.61. The van der Waals surface area contributed by atoms with Crippen LogP contribution >= 0.6 is 11.6 Å². The fraction of sp³-hybridized carbons (Fsp3) is 0.615. The average molecular weight is 272 g/mol. The lowest BCUT2D eigenvalue weighted by molar-refractivity contribution is 0.0763. The van der Waals surface area contributed by atoms with E-state index < -0.39 is 11.5 Å². The highest BCUT2D eigenvalue weighted by Crippen LogP contribution is 2.36. The zero-order valence-electron chi connectivity index (χ0n) is 10.6. The fourth-order valence-electron chi connectivity index (χ4n) is 2.38. The molecule has 1 aliphatic heterocycles. The van der Waals surface area contributed by atoms with Crippen molar-refractivity contribution in [2.24, 2.45) is 0 Å². The van der Waals surface area contributed by atoms with Gasteiger partial charge in [-0.2, -0.15) is 0 Å². The van der Waals surface area contributed by atoms with E-state index in [-0.39, 0.29) is 0 Å². The van der Waals surface area contributed by atoms with Crippen LogP contribution in [0.15, 0.2) is 12.1 Å². The number of pyridine rings is 1. The van der Waals surface area contributed by atoms with Crippen LogP contribution in [-0.2, 0) is 21.5 Å². The minimum atomic E-state index is -0.527. The molecule has 0 saturated carbocycles. The molecule has 1 unspecified atom stereocenters. The van der Waals surface area contributed by atoms with Gasteiger partial charge < -0.3 is 14.6 Å². The third-order valence-corrected chi connectivity index (χ3v) is 3.72. The van der Waals surface area contributed by atoms with Gasteiger partial charge in [-0.15, -0.1) is 0 Å². The molecule has 1 aliphatic rings. The van der Waals surface area contributed by atoms with Crippen LogP contribution in [0, 0.1) is 0 Å². The molecule has 2 atom stereocenters. The van der Waals surface area contributed by atoms with E-state index >= 15 is 0 Å². The Balaban J connectivity index is 2.41. The first-order valence-corrected chi connectivity index (χ1v) is 6.38. The van der Waals surface area contributed by atoms with Gasteiger partial charge in [-0.3, -0.25) is 0 Å². The largest absolute Gasteiger partial charge is 0.392 e. The quantitative estimate of drug-likeness (QED) is 0.850. The van der Waals surface area contributed by atoms with Gasteiger partial charge in [-0.25, -0.2) is 4.98 Å². The summed E-state index contributed by atoms with van der Waals surface area (Å²) in [5, 5.41) is 10.5. The highest BCUT2D eigenvalue weighted by atomic mass is 35.5. The van der Waals surface area contributed by atoms with Crippen molar-refractivity contribution in [3.63, 3.8) is 0 Å². The van der Waals surface area contributed by atoms with Gasteiger partial charge in [0.2, 0.25) is 0 Å². The molecule has 2 heterocycles. The van der Waals surface area contributed by atoms with E-state index in [1.54, 1.807) is 20.1 Å². The molecule has 2 rings (SSSR count). The lowest BCUT2D eigenvalue weighted by Crippen LogP contribution is -2.39. The van der Waals surface area contributed by atoms with Crippen LogP contribution < -0.4 is 0 Å². The monoisotopic (exact) mass is 271 g/mol. The number of halogens is 1. The van der Waals surface area contributed by atoms with Gasteiger partial charge in [0, 0.05) is 13.7 Å². The molecule has 5 heteroatoms. The predicted molar refractivity (Wildman–Crippen MR) is 68.8 cm³/mol. The van der Waals surface area contributed by atoms with Gasteiger partial charge >= 0.3 is 0 Å². The smallest absolute Gasteiger partial charge is 0.129 e. The second-order valence-electron chi connectivity index (χ2n) is 4.75. The van der Waals surface area contributed by atoms with E-state index in [1.807, 2.05) is 6.07 Å². The van der Waals surface area contributed by atoms with Crippen molar-refractivity contribution in [3.8, 4) is 0 Å². The Labute approximate surface area is 112 Å². The first-order valence-electron chi connectivity index (χ1n) is 6.00. The molecule has 100 valence electrons. The second-order valence-corrected chi connectivity index (χ2v) is 5.14. The maximum Gasteiger partial charge on any atom is 0.129 e. The van der Waals surface area contributed by atoms with Crippen LogP contribution in [0.25, 0.3) is 0 Å². The summed E-state index contributed by atoms with van der Waals surface area (Å²) in [5.74, 6) is 0. The maximum absolute atomic E-state index is 10.1. The molecule has 0 amide bonds. The summed E-state index contributed by atoms with van der Waals surface area (Å²) in [6.45, 7) is 3.36. The summed E-state index contributed by atoms with van der Waals surface area (Å²) < 4.78 is 10.6. The van der Waals surface area contributed by atoms with Crippen LogP contribution in [0.5, 0.6) is 0 Å². The molecule has 1 saturated heterocycles. The predicted octanol–water partition coefficient (Wildman–Crippen LogP) is 1.92. The Morgan fingerprint density at radius 2 is 2.39 bits per heavy atom. The Hall–Kier alpha value is -0.680. The van der Waals surface area contributed by atoms with Crippen molar-refractivity contribution in [1.82, 2.24) is 4.98 Å². The molecule has 1 aromatic rings. The van der Waals surface area contributed by atoms with Crippen LogP contribution in [-0.4, -0.2) is 36.5 Å². The third-order valence-electron chi connectivity index (χ3n) is 3.53. The van der Waals surface area contributed by atoms with Crippen LogP contribution in [0.4, 0.5) is 0 Å². The second kappa shape index (κ2) is 5.53. The number of aromatic nitrogens is 1. The number of methoxy groups -OCH3 is 1. The molecule has 1 fully saturated rings. The van der Waals surface area contributed by atoms with Crippen LogP contribution in [0.3, 0.4) is 0 Å². The topological polar surface area (TPSA) is 51.6 Å². The number of aliphatic hydroxyl groups is 1. The highest BCUT2D eigenvalue weighted by molar-refractivity contribution is 6.29. The van der Waals surface area contributed by atoms with Crippen molar-refractivity contribution in [3.05, 3.63) is 28.5 Å². The van der Waals surface area contributed by atoms with E-state index in [4.69, 9.17) is 21.1 Å². The summed E-state index contributed by atoms with van der Waals surface area (Å²) in [7, 11) is 1.64. The number of rotatable bonds is 4. The summed E-state index contributed by atoms with van der Waals surface area (Å²) in [5.41, 5.74) is 1.29. The van der Waals surface area contributed by atoms with Crippen molar-refractivity contribution in [1.29, 1.82) is 0 Å². The Kier molecular flexibility index (Phi) is 4.22. The zero-order valence-corrected chi connectivity index (χ0v) is 11.4. The lowest BCUT2D eigenvalue weighted by Gasteiger charge is -2.30. The normalized spacial score (nSPS) is 25.3. The minimum Gasteiger partial charge on any atom is -0.392 e. The van der Waals surface area contributed by atoms with Gasteiger partial charge in [-0.1, -0.05) is 11.6 Å². The molecule has 0 radical (unpaired) electrons. The number of hydrogen-bond acceptors (Lipinski definition) is 4. The Morgan fingerprint density at radius 3 is 2.94 bits per heavy atom. The van der Waals surface area contributed by atoms with Crippen LogP contribution in [0.2, 0.25) is 5.15 Å². The SMILES string of the molecule is COCc1cc(Cl)nc(C2([C@@H](C)O)CCOC2)c1. The Bertz CT molecular complexity index is 417. The molecule has 0 bridgehead atoms. The maximum atomic E-state index is 10.1. The average Bonchev–Trinajstić information content (AvgIpc) is 2.78. The Morgan fingerprint density at radius 1 is 1.61 bits per heavy atom. The van der Waals surface area contributed by atoms with Crippen molar-refractivity contribution in [2.45, 2.75) is 31.5 Å². The van der Waals surface area contributed by atoms with E-state index in [9.17, 15) is 5.11 Å². The van der Waals surface area contributed by atoms with E-state index in [1.165, 1.54) is 0 Å². The van der Waals surface area contributed by atoms with Gasteiger partial charge in [0.25, 0.3) is 0 Å². The number of nitrogens with zero attached hydrogens (tertiary/aromatic N) is 1. The summed E-state index contributed by atoms with van der Waals surface area (Å²) >= 11 is 6.04. The number of aliphatic hydroxyl groups excluding tert-OH is 1. The minimum absolute atomic E-state index is 0.423. The molecule has 1 N–H and O–H groups in total. The molecule has 18 heavy (non-hydrogen) atoms. The van der Waals surface area contributed by atoms with Gasteiger partial charge in [-0.05, 0) is 31.0 Å². The molecule has 0 aromatic carbocycles. The van der Waals surface area contributed by atoms with E-state index in [0.717, 1.165) is 17.7 Å². The zero-order chi connectivity index (χ0) is 13.2. The van der Waals surface area contributed by atoms with E-state index in [2.05, 4.69) is 4.98 Å². The lowest BCUT2D eigenvalue weighted by atomic mass is 9.78. The summed E-state index contributed by atoms with van der Waals surface area (Å²) in [4.78, 5) is 4.36. The standard InChI is InChI=1S/C13H18ClNO3/c1-9(16)13(3-4-18-8-13)11-5-10(7-17-2)6-12(14)15-11/h5-6,9,16H,3-4,7-8H2,1-2H3/t9-,13?/m1/s1. The van der Waals surface area contributed by atoms with Gasteiger partial charge in [0.05, 0.1) is 30.4 Å². The summed E-state index contributed by atoms with van der Waals surface area (Å²) in [6, 6.07) is 3.72. The van der Waals surface area contributed by atoms with Crippen LogP contribution in [0.1, 0.15) is 24.6 Å². The third kappa shape index (κ3) is 2.52. The first kappa shape index (κ1) is 13.7. The van der Waals surface area contributed by atoms with E-state index in [0.29, 0.717) is 25.0 Å². The van der Waals surface area contributed by atoms with Gasteiger partial charge in [0.15, 0.2) is 0 Å². The van der Waals surface area contributed by atoms with Gasteiger partial charge in [0.1, 0.15) is 5.15 Å². The summed E-state index contributed by atoms with van der Waals surface area (Å²) in [6.07, 6.45) is 0.228. The molecule has 1 aromatic heterocycles. The van der Waals surface area contributed by atoms with Crippen molar-refractivity contribution in [2.75, 3.05) is 20.3 Å². The van der Waals surface area contributed by atoms with Crippen molar-refractivity contribution >= 4 is 11.6 Å². The first-order chi connectivity index (χ1) is 8.58. The molecular formula is C13H18ClNO3. The number of hydrogen-bond donors (Lipinski definition) is 1. The number of ether oxygens (including phenoxy) is 2. The molecule has 0 aliphatic carbocycles. The van der Waals surface area contributed by atoms with Crippen molar-refractivity contribution < 1.29 is 14.6 Å². The highest BCUT2D eigenvalue weighted by Gasteiger charge is 2.42. The molecular weight excluding hydrogens is 254 g/mol. The molecule has 4 nitrogen and oxygen atoms in total.